The second-order valence-electron chi connectivity index (χ2n) is 10.8. The molecule has 1 aromatic heterocycles. The van der Waals surface area contributed by atoms with Gasteiger partial charge < -0.3 is 14.5 Å². The molecule has 45 heavy (non-hydrogen) atoms. The first-order valence-electron chi connectivity index (χ1n) is 14.7. The number of halogens is 3. The quantitative estimate of drug-likeness (QED) is 0.179. The van der Waals surface area contributed by atoms with Crippen molar-refractivity contribution >= 4 is 28.9 Å². The van der Waals surface area contributed by atoms with Crippen LogP contribution in [0.5, 0.6) is 5.75 Å². The number of nitrogens with zero attached hydrogens (tertiary/aromatic N) is 3. The van der Waals surface area contributed by atoms with Crippen LogP contribution in [-0.2, 0) is 0 Å². The highest BCUT2D eigenvalue weighted by atomic mass is 32.1. The maximum atomic E-state index is 13.7. The van der Waals surface area contributed by atoms with E-state index in [9.17, 15) is 27.6 Å². The summed E-state index contributed by atoms with van der Waals surface area (Å²) in [7, 11) is 0. The van der Waals surface area contributed by atoms with Gasteiger partial charge in [0.15, 0.2) is 5.78 Å². The van der Waals surface area contributed by atoms with E-state index in [1.807, 2.05) is 19.1 Å². The highest BCUT2D eigenvalue weighted by Crippen LogP contribution is 2.34. The van der Waals surface area contributed by atoms with Crippen LogP contribution in [0.25, 0.3) is 11.1 Å². The minimum absolute atomic E-state index is 0.00698. The highest BCUT2D eigenvalue weighted by Gasteiger charge is 2.33. The van der Waals surface area contributed by atoms with E-state index in [4.69, 9.17) is 0 Å². The van der Waals surface area contributed by atoms with Gasteiger partial charge in [0.2, 0.25) is 0 Å². The number of benzene rings is 3. The normalized spacial score (nSPS) is 14.6. The van der Waals surface area contributed by atoms with Crippen LogP contribution in [0, 0.1) is 0 Å². The minimum atomic E-state index is -4.88. The van der Waals surface area contributed by atoms with Gasteiger partial charge in [-0.05, 0) is 56.0 Å². The smallest absolute Gasteiger partial charge is 0.406 e. The van der Waals surface area contributed by atoms with Crippen LogP contribution in [0.2, 0.25) is 0 Å². The van der Waals surface area contributed by atoms with Crippen molar-refractivity contribution in [3.63, 3.8) is 0 Å². The molecule has 0 radical (unpaired) electrons. The summed E-state index contributed by atoms with van der Waals surface area (Å²) in [4.78, 5) is 47.8. The number of Topliss-reactive ketones (excluding diaryl/α,β-unsaturated/α-hetero) is 1. The number of alkyl halides is 3. The molecule has 0 N–H and O–H groups in total. The molecule has 0 saturated carbocycles. The van der Waals surface area contributed by atoms with Crippen molar-refractivity contribution in [1.82, 2.24) is 14.8 Å². The molecule has 7 nitrogen and oxygen atoms in total. The van der Waals surface area contributed by atoms with Crippen LogP contribution in [0.1, 0.15) is 68.8 Å². The molecule has 0 spiro atoms. The van der Waals surface area contributed by atoms with Gasteiger partial charge in [-0.25, -0.2) is 4.98 Å². The van der Waals surface area contributed by atoms with Crippen LogP contribution in [0.4, 0.5) is 13.2 Å². The summed E-state index contributed by atoms with van der Waals surface area (Å²) in [6, 6.07) is 21.0. The molecule has 11 heteroatoms. The van der Waals surface area contributed by atoms with E-state index in [-0.39, 0.29) is 34.8 Å². The molecule has 1 aliphatic heterocycles. The van der Waals surface area contributed by atoms with E-state index in [2.05, 4.69) is 9.72 Å². The number of piperidine rings is 1. The molecule has 4 aromatic rings. The fourth-order valence-electron chi connectivity index (χ4n) is 5.57. The lowest BCUT2D eigenvalue weighted by Crippen LogP contribution is -2.43. The molecule has 2 heterocycles. The lowest BCUT2D eigenvalue weighted by molar-refractivity contribution is -0.274. The Labute approximate surface area is 263 Å². The summed E-state index contributed by atoms with van der Waals surface area (Å²) in [5, 5.41) is 2.48. The Hall–Kier alpha value is -4.51. The molecule has 1 unspecified atom stereocenters. The summed E-state index contributed by atoms with van der Waals surface area (Å²) in [5.74, 6) is -1.30. The molecule has 1 atom stereocenters. The number of aromatic nitrogens is 1. The number of likely N-dealkylation sites (tertiary alicyclic amines) is 1. The van der Waals surface area contributed by atoms with Gasteiger partial charge in [-0.3, -0.25) is 14.4 Å². The number of hydrogen-bond acceptors (Lipinski definition) is 6. The average molecular weight is 636 g/mol. The topological polar surface area (TPSA) is 79.8 Å². The van der Waals surface area contributed by atoms with Crippen molar-refractivity contribution in [3.8, 4) is 16.9 Å². The molecule has 0 bridgehead atoms. The van der Waals surface area contributed by atoms with Crippen LogP contribution in [0.15, 0.2) is 84.2 Å². The van der Waals surface area contributed by atoms with Crippen molar-refractivity contribution in [1.29, 1.82) is 0 Å². The highest BCUT2D eigenvalue weighted by molar-refractivity contribution is 7.09. The van der Waals surface area contributed by atoms with Crippen molar-refractivity contribution in [2.75, 3.05) is 19.6 Å². The number of hydrogen-bond donors (Lipinski definition) is 0. The SMILES string of the molecule is CCN(C(=O)c1csc(C2CCN(C(=O)c3cc(OC(F)(F)F)ccc3-c3ccccc3)CC2)n1)C(C)C(=O)c1ccccc1. The molecular weight excluding hydrogens is 603 g/mol. The number of thiazole rings is 1. The number of ketones is 1. The Kier molecular flexibility index (Phi) is 9.67. The molecule has 3 aromatic carbocycles. The predicted molar refractivity (Wildman–Crippen MR) is 165 cm³/mol. The van der Waals surface area contributed by atoms with Gasteiger partial charge in [0.25, 0.3) is 11.8 Å². The van der Waals surface area contributed by atoms with Crippen molar-refractivity contribution in [2.24, 2.45) is 0 Å². The molecule has 1 saturated heterocycles. The van der Waals surface area contributed by atoms with Gasteiger partial charge in [0.05, 0.1) is 16.6 Å². The second-order valence-corrected chi connectivity index (χ2v) is 11.6. The standard InChI is InChI=1S/C34H32F3N3O4S/c1-3-40(22(2)30(41)24-12-8-5-9-13-24)33(43)29-21-45-31(38-29)25-16-18-39(19-17-25)32(42)28-20-26(44-34(35,36)37)14-15-27(28)23-10-6-4-7-11-23/h4-15,20-22,25H,3,16-19H2,1-2H3. The first-order chi connectivity index (χ1) is 21.6. The fourth-order valence-corrected chi connectivity index (χ4v) is 6.53. The third-order valence-electron chi connectivity index (χ3n) is 7.92. The van der Waals surface area contributed by atoms with Crippen molar-refractivity contribution in [2.45, 2.75) is 45.0 Å². The van der Waals surface area contributed by atoms with Gasteiger partial charge in [-0.15, -0.1) is 24.5 Å². The zero-order valence-electron chi connectivity index (χ0n) is 24.8. The third-order valence-corrected chi connectivity index (χ3v) is 8.93. The minimum Gasteiger partial charge on any atom is -0.406 e. The summed E-state index contributed by atoms with van der Waals surface area (Å²) < 4.78 is 43.0. The maximum Gasteiger partial charge on any atom is 0.573 e. The van der Waals surface area contributed by atoms with Gasteiger partial charge in [-0.2, -0.15) is 0 Å². The van der Waals surface area contributed by atoms with E-state index in [1.165, 1.54) is 28.4 Å². The Bertz CT molecular complexity index is 1650. The number of carbonyl (C=O) groups is 3. The molecule has 0 aliphatic carbocycles. The number of amides is 2. The Morgan fingerprint density at radius 2 is 1.64 bits per heavy atom. The van der Waals surface area contributed by atoms with E-state index >= 15 is 0 Å². The number of likely N-dealkylation sites (N-methyl/N-ethyl adjacent to an activating group) is 1. The molecule has 1 fully saturated rings. The number of ether oxygens (including phenoxy) is 1. The third kappa shape index (κ3) is 7.42. The zero-order chi connectivity index (χ0) is 32.1. The van der Waals surface area contributed by atoms with E-state index < -0.39 is 18.2 Å². The number of carbonyl (C=O) groups excluding carboxylic acids is 3. The Morgan fingerprint density at radius 3 is 2.27 bits per heavy atom. The largest absolute Gasteiger partial charge is 0.573 e. The van der Waals surface area contributed by atoms with Crippen molar-refractivity contribution in [3.05, 3.63) is 106 Å². The van der Waals surface area contributed by atoms with Gasteiger partial charge in [0.1, 0.15) is 11.4 Å². The first-order valence-corrected chi connectivity index (χ1v) is 15.5. The number of rotatable bonds is 9. The summed E-state index contributed by atoms with van der Waals surface area (Å²) in [6.07, 6.45) is -3.73. The lowest BCUT2D eigenvalue weighted by Gasteiger charge is -2.32. The van der Waals surface area contributed by atoms with E-state index in [1.54, 1.807) is 65.7 Å². The summed E-state index contributed by atoms with van der Waals surface area (Å²) in [6.45, 7) is 4.61. The van der Waals surface area contributed by atoms with Crippen LogP contribution < -0.4 is 4.74 Å². The predicted octanol–water partition coefficient (Wildman–Crippen LogP) is 7.46. The molecule has 1 aliphatic rings. The average Bonchev–Trinajstić information content (AvgIpc) is 3.55. The van der Waals surface area contributed by atoms with Crippen LogP contribution in [-0.4, -0.2) is 64.4 Å². The second kappa shape index (κ2) is 13.6. The van der Waals surface area contributed by atoms with E-state index in [0.29, 0.717) is 49.2 Å². The fraction of sp³-hybridized carbons (Fsp3) is 0.294. The molecule has 5 rings (SSSR count). The Balaban J connectivity index is 1.27. The van der Waals surface area contributed by atoms with Gasteiger partial charge in [0, 0.05) is 36.5 Å². The van der Waals surface area contributed by atoms with Crippen molar-refractivity contribution < 1.29 is 32.3 Å². The molecule has 2 amide bonds. The van der Waals surface area contributed by atoms with Gasteiger partial charge >= 0.3 is 6.36 Å². The van der Waals surface area contributed by atoms with Crippen LogP contribution in [0.3, 0.4) is 0 Å². The zero-order valence-corrected chi connectivity index (χ0v) is 25.6. The Morgan fingerprint density at radius 1 is 1.00 bits per heavy atom. The summed E-state index contributed by atoms with van der Waals surface area (Å²) >= 11 is 1.37. The van der Waals surface area contributed by atoms with E-state index in [0.717, 1.165) is 11.1 Å². The monoisotopic (exact) mass is 635 g/mol. The molecular formula is C34H32F3N3O4S. The summed E-state index contributed by atoms with van der Waals surface area (Å²) in [5.41, 5.74) is 2.15. The molecule has 234 valence electrons. The maximum absolute atomic E-state index is 13.7. The van der Waals surface area contributed by atoms with Crippen LogP contribution >= 0.6 is 11.3 Å². The van der Waals surface area contributed by atoms with Gasteiger partial charge in [-0.1, -0.05) is 60.7 Å². The lowest BCUT2D eigenvalue weighted by atomic mass is 9.95. The first kappa shape index (κ1) is 31.9.